The van der Waals surface area contributed by atoms with E-state index in [1.807, 2.05) is 17.0 Å². The number of carbonyl (C=O) groups is 2. The summed E-state index contributed by atoms with van der Waals surface area (Å²) >= 11 is 0. The summed E-state index contributed by atoms with van der Waals surface area (Å²) in [4.78, 5) is 25.0. The Labute approximate surface area is 162 Å². The van der Waals surface area contributed by atoms with Gasteiger partial charge in [0, 0.05) is 25.6 Å². The summed E-state index contributed by atoms with van der Waals surface area (Å²) in [6.45, 7) is 8.96. The Bertz CT molecular complexity index is 615. The van der Waals surface area contributed by atoms with Crippen LogP contribution in [0.15, 0.2) is 24.3 Å². The lowest BCUT2D eigenvalue weighted by Gasteiger charge is -2.31. The highest BCUT2D eigenvalue weighted by atomic mass is 16.5. The van der Waals surface area contributed by atoms with E-state index < -0.39 is 0 Å². The van der Waals surface area contributed by atoms with Crippen molar-refractivity contribution in [2.75, 3.05) is 26.2 Å². The molecule has 6 nitrogen and oxygen atoms in total. The predicted molar refractivity (Wildman–Crippen MR) is 107 cm³/mol. The lowest BCUT2D eigenvalue weighted by molar-refractivity contribution is -0.123. The minimum Gasteiger partial charge on any atom is -0.494 e. The Kier molecular flexibility index (Phi) is 7.66. The van der Waals surface area contributed by atoms with Gasteiger partial charge in [0.25, 0.3) is 0 Å². The molecule has 1 heterocycles. The average Bonchev–Trinajstić information content (AvgIpc) is 2.60. The molecule has 0 aromatic heterocycles. The van der Waals surface area contributed by atoms with Crippen LogP contribution in [0, 0.1) is 0 Å². The molecule has 2 amide bonds. The van der Waals surface area contributed by atoms with E-state index in [-0.39, 0.29) is 23.3 Å². The Hall–Kier alpha value is -2.08. The first-order valence-electron chi connectivity index (χ1n) is 9.77. The molecule has 0 spiro atoms. The van der Waals surface area contributed by atoms with Crippen LogP contribution in [-0.4, -0.2) is 49.0 Å². The Balaban J connectivity index is 1.60. The number of piperidine rings is 1. The van der Waals surface area contributed by atoms with E-state index in [4.69, 9.17) is 10.5 Å². The molecule has 1 aliphatic heterocycles. The molecule has 27 heavy (non-hydrogen) atoms. The van der Waals surface area contributed by atoms with Gasteiger partial charge in [-0.3, -0.25) is 14.5 Å². The van der Waals surface area contributed by atoms with Crippen LogP contribution in [0.3, 0.4) is 0 Å². The molecule has 0 aliphatic carbocycles. The highest BCUT2D eigenvalue weighted by molar-refractivity contribution is 5.76. The number of primary amides is 1. The van der Waals surface area contributed by atoms with Gasteiger partial charge in [0.1, 0.15) is 5.75 Å². The predicted octanol–water partition coefficient (Wildman–Crippen LogP) is 2.21. The number of amides is 2. The standard InChI is InChI=1S/C21H33N3O3/c1-21(2,3)16-6-8-18(9-7-16)27-14-4-5-20(26)23-17-10-12-24(13-11-17)15-19(22)25/h6-9,17H,4-5,10-15H2,1-3H3,(H2,22,25)(H,23,26). The second-order valence-electron chi connectivity index (χ2n) is 8.31. The Morgan fingerprint density at radius 1 is 1.19 bits per heavy atom. The number of rotatable bonds is 8. The van der Waals surface area contributed by atoms with Crippen LogP contribution in [0.2, 0.25) is 0 Å². The van der Waals surface area contributed by atoms with Gasteiger partial charge >= 0.3 is 0 Å². The molecule has 1 fully saturated rings. The fraction of sp³-hybridized carbons (Fsp3) is 0.619. The number of nitrogens with zero attached hydrogens (tertiary/aromatic N) is 1. The molecule has 1 saturated heterocycles. The molecule has 2 rings (SSSR count). The molecule has 0 bridgehead atoms. The molecule has 6 heteroatoms. The maximum absolute atomic E-state index is 12.1. The molecular weight excluding hydrogens is 342 g/mol. The Morgan fingerprint density at radius 2 is 1.81 bits per heavy atom. The molecular formula is C21H33N3O3. The molecule has 1 aliphatic rings. The largest absolute Gasteiger partial charge is 0.494 e. The van der Waals surface area contributed by atoms with Gasteiger partial charge in [-0.2, -0.15) is 0 Å². The third-order valence-electron chi connectivity index (χ3n) is 4.87. The zero-order valence-corrected chi connectivity index (χ0v) is 16.8. The van der Waals surface area contributed by atoms with Crippen molar-refractivity contribution in [1.82, 2.24) is 10.2 Å². The maximum Gasteiger partial charge on any atom is 0.231 e. The van der Waals surface area contributed by atoms with E-state index in [1.165, 1.54) is 5.56 Å². The molecule has 3 N–H and O–H groups in total. The molecule has 150 valence electrons. The van der Waals surface area contributed by atoms with Crippen LogP contribution < -0.4 is 15.8 Å². The van der Waals surface area contributed by atoms with Crippen molar-refractivity contribution >= 4 is 11.8 Å². The van der Waals surface area contributed by atoms with Crippen molar-refractivity contribution in [2.45, 2.75) is 57.9 Å². The van der Waals surface area contributed by atoms with Crippen molar-refractivity contribution in [3.05, 3.63) is 29.8 Å². The summed E-state index contributed by atoms with van der Waals surface area (Å²) in [7, 11) is 0. The lowest BCUT2D eigenvalue weighted by atomic mass is 9.87. The molecule has 0 atom stereocenters. The van der Waals surface area contributed by atoms with Gasteiger partial charge in [0.2, 0.25) is 11.8 Å². The van der Waals surface area contributed by atoms with Gasteiger partial charge in [-0.25, -0.2) is 0 Å². The third-order valence-corrected chi connectivity index (χ3v) is 4.87. The van der Waals surface area contributed by atoms with Crippen LogP contribution in [0.1, 0.15) is 52.0 Å². The van der Waals surface area contributed by atoms with Gasteiger partial charge < -0.3 is 15.8 Å². The topological polar surface area (TPSA) is 84.7 Å². The normalized spacial score (nSPS) is 16.1. The van der Waals surface area contributed by atoms with E-state index in [0.717, 1.165) is 31.7 Å². The average molecular weight is 376 g/mol. The number of nitrogens with one attached hydrogen (secondary N) is 1. The number of carbonyl (C=O) groups excluding carboxylic acids is 2. The van der Waals surface area contributed by atoms with E-state index in [9.17, 15) is 9.59 Å². The number of hydrogen-bond acceptors (Lipinski definition) is 4. The first-order valence-corrected chi connectivity index (χ1v) is 9.77. The summed E-state index contributed by atoms with van der Waals surface area (Å²) in [5, 5.41) is 3.08. The fourth-order valence-electron chi connectivity index (χ4n) is 3.23. The van der Waals surface area contributed by atoms with Crippen molar-refractivity contribution in [3.8, 4) is 5.75 Å². The molecule has 0 saturated carbocycles. The van der Waals surface area contributed by atoms with Crippen molar-refractivity contribution in [3.63, 3.8) is 0 Å². The van der Waals surface area contributed by atoms with Crippen molar-refractivity contribution in [1.29, 1.82) is 0 Å². The minimum absolute atomic E-state index is 0.0648. The van der Waals surface area contributed by atoms with Crippen molar-refractivity contribution < 1.29 is 14.3 Å². The number of ether oxygens (including phenoxy) is 1. The highest BCUT2D eigenvalue weighted by Gasteiger charge is 2.21. The summed E-state index contributed by atoms with van der Waals surface area (Å²) in [5.41, 5.74) is 6.62. The first-order chi connectivity index (χ1) is 12.7. The third kappa shape index (κ3) is 7.59. The second kappa shape index (κ2) is 9.74. The van der Waals surface area contributed by atoms with E-state index >= 15 is 0 Å². The van der Waals surface area contributed by atoms with E-state index in [0.29, 0.717) is 26.0 Å². The maximum atomic E-state index is 12.1. The van der Waals surface area contributed by atoms with Gasteiger partial charge in [-0.15, -0.1) is 0 Å². The monoisotopic (exact) mass is 375 g/mol. The van der Waals surface area contributed by atoms with Gasteiger partial charge in [-0.05, 0) is 42.4 Å². The first kappa shape index (κ1) is 21.2. The smallest absolute Gasteiger partial charge is 0.231 e. The van der Waals surface area contributed by atoms with E-state index in [2.05, 4.69) is 38.2 Å². The molecule has 1 aromatic carbocycles. The van der Waals surface area contributed by atoms with Crippen LogP contribution in [0.25, 0.3) is 0 Å². The SMILES string of the molecule is CC(C)(C)c1ccc(OCCCC(=O)NC2CCN(CC(N)=O)CC2)cc1. The number of nitrogens with two attached hydrogens (primary N) is 1. The van der Waals surface area contributed by atoms with Crippen LogP contribution in [-0.2, 0) is 15.0 Å². The molecule has 0 unspecified atom stereocenters. The van der Waals surface area contributed by atoms with Crippen LogP contribution in [0.5, 0.6) is 5.75 Å². The van der Waals surface area contributed by atoms with Crippen LogP contribution >= 0.6 is 0 Å². The lowest BCUT2D eigenvalue weighted by Crippen LogP contribution is -2.46. The van der Waals surface area contributed by atoms with Gasteiger partial charge in [-0.1, -0.05) is 32.9 Å². The van der Waals surface area contributed by atoms with Crippen LogP contribution in [0.4, 0.5) is 0 Å². The zero-order chi connectivity index (χ0) is 19.9. The van der Waals surface area contributed by atoms with Crippen molar-refractivity contribution in [2.24, 2.45) is 5.73 Å². The highest BCUT2D eigenvalue weighted by Crippen LogP contribution is 2.24. The molecule has 1 aromatic rings. The summed E-state index contributed by atoms with van der Waals surface area (Å²) < 4.78 is 5.73. The quantitative estimate of drug-likeness (QED) is 0.682. The summed E-state index contributed by atoms with van der Waals surface area (Å²) in [5.74, 6) is 0.603. The minimum atomic E-state index is -0.300. The van der Waals surface area contributed by atoms with Gasteiger partial charge in [0.15, 0.2) is 0 Å². The number of likely N-dealkylation sites (tertiary alicyclic amines) is 1. The summed E-state index contributed by atoms with van der Waals surface area (Å²) in [6, 6.07) is 8.34. The van der Waals surface area contributed by atoms with Gasteiger partial charge in [0.05, 0.1) is 13.2 Å². The molecule has 0 radical (unpaired) electrons. The number of hydrogen-bond donors (Lipinski definition) is 2. The Morgan fingerprint density at radius 3 is 2.37 bits per heavy atom. The summed E-state index contributed by atoms with van der Waals surface area (Å²) in [6.07, 6.45) is 2.86. The zero-order valence-electron chi connectivity index (χ0n) is 16.8. The number of benzene rings is 1. The second-order valence-corrected chi connectivity index (χ2v) is 8.31. The van der Waals surface area contributed by atoms with E-state index in [1.54, 1.807) is 0 Å². The fourth-order valence-corrected chi connectivity index (χ4v) is 3.23.